The third-order valence-electron chi connectivity index (χ3n) is 7.10. The smallest absolute Gasteiger partial charge is 0.119 e. The monoisotopic (exact) mass is 570 g/mol. The van der Waals surface area contributed by atoms with E-state index in [9.17, 15) is 10.2 Å². The maximum absolute atomic E-state index is 9.96. The molecule has 0 spiro atoms. The van der Waals surface area contributed by atoms with Gasteiger partial charge in [0.2, 0.25) is 0 Å². The molecule has 2 unspecified atom stereocenters. The summed E-state index contributed by atoms with van der Waals surface area (Å²) in [6, 6.07) is 32.0. The summed E-state index contributed by atoms with van der Waals surface area (Å²) in [5.41, 5.74) is 6.29. The van der Waals surface area contributed by atoms with E-state index in [0.29, 0.717) is 52.5 Å². The molecule has 0 aliphatic rings. The third kappa shape index (κ3) is 9.43. The zero-order chi connectivity index (χ0) is 29.6. The molecule has 0 aromatic heterocycles. The first kappa shape index (κ1) is 31.3. The van der Waals surface area contributed by atoms with Crippen molar-refractivity contribution in [1.82, 2.24) is 0 Å². The summed E-state index contributed by atoms with van der Waals surface area (Å²) in [5, 5.41) is 19.9. The van der Waals surface area contributed by atoms with Crippen molar-refractivity contribution in [3.8, 4) is 33.8 Å². The highest BCUT2D eigenvalue weighted by atomic mass is 16.6. The van der Waals surface area contributed by atoms with Gasteiger partial charge in [-0.2, -0.15) is 0 Å². The quantitative estimate of drug-likeness (QED) is 0.129. The Morgan fingerprint density at radius 1 is 0.429 bits per heavy atom. The number of hydrogen-bond donors (Lipinski definition) is 2. The maximum Gasteiger partial charge on any atom is 0.119 e. The van der Waals surface area contributed by atoms with Crippen molar-refractivity contribution in [2.24, 2.45) is 0 Å². The van der Waals surface area contributed by atoms with Gasteiger partial charge in [-0.25, -0.2) is 0 Å². The van der Waals surface area contributed by atoms with E-state index in [2.05, 4.69) is 0 Å². The molecule has 4 aromatic carbocycles. The molecule has 0 heterocycles. The number of aliphatic hydroxyl groups excluding tert-OH is 2. The Kier molecular flexibility index (Phi) is 12.4. The second kappa shape index (κ2) is 16.7. The van der Waals surface area contributed by atoms with Crippen LogP contribution in [0.2, 0.25) is 0 Å². The predicted octanol–water partition coefficient (Wildman–Crippen LogP) is 7.40. The van der Waals surface area contributed by atoms with Gasteiger partial charge < -0.3 is 29.2 Å². The lowest BCUT2D eigenvalue weighted by Gasteiger charge is -2.11. The Hall–Kier alpha value is -3.68. The minimum absolute atomic E-state index is 0.412. The van der Waals surface area contributed by atoms with E-state index in [1.54, 1.807) is 0 Å². The topological polar surface area (TPSA) is 77.4 Å². The lowest BCUT2D eigenvalue weighted by molar-refractivity contribution is 0.0273. The van der Waals surface area contributed by atoms with Crippen LogP contribution in [0.15, 0.2) is 97.1 Å². The van der Waals surface area contributed by atoms with E-state index in [0.717, 1.165) is 44.9 Å². The normalized spacial score (nSPS) is 12.6. The molecule has 4 rings (SSSR count). The van der Waals surface area contributed by atoms with E-state index >= 15 is 0 Å². The van der Waals surface area contributed by atoms with Crippen molar-refractivity contribution in [3.05, 3.63) is 108 Å². The Morgan fingerprint density at radius 3 is 1.02 bits per heavy atom. The van der Waals surface area contributed by atoms with Gasteiger partial charge in [0.05, 0.1) is 38.6 Å². The van der Waals surface area contributed by atoms with Gasteiger partial charge in [-0.05, 0) is 70.5 Å². The summed E-state index contributed by atoms with van der Waals surface area (Å²) >= 11 is 0. The third-order valence-corrected chi connectivity index (χ3v) is 7.10. The molecule has 4 aromatic rings. The largest absolute Gasteiger partial charge is 0.491 e. The number of hydrogen-bond acceptors (Lipinski definition) is 6. The average Bonchev–Trinajstić information content (AvgIpc) is 3.05. The van der Waals surface area contributed by atoms with Gasteiger partial charge in [-0.3, -0.25) is 0 Å². The molecule has 0 saturated carbocycles. The molecule has 6 heteroatoms. The molecule has 0 fully saturated rings. The van der Waals surface area contributed by atoms with E-state index < -0.39 is 12.2 Å². The molecule has 42 heavy (non-hydrogen) atoms. The van der Waals surface area contributed by atoms with Crippen LogP contribution in [0, 0.1) is 0 Å². The van der Waals surface area contributed by atoms with Gasteiger partial charge in [0.15, 0.2) is 0 Å². The van der Waals surface area contributed by atoms with Crippen molar-refractivity contribution < 1.29 is 29.2 Å². The second-order valence-corrected chi connectivity index (χ2v) is 10.1. The van der Waals surface area contributed by atoms with Crippen LogP contribution in [0.5, 0.6) is 11.5 Å². The van der Waals surface area contributed by atoms with Crippen LogP contribution < -0.4 is 9.47 Å². The highest BCUT2D eigenvalue weighted by Crippen LogP contribution is 2.26. The molecule has 6 nitrogen and oxygen atoms in total. The summed E-state index contributed by atoms with van der Waals surface area (Å²) in [6.07, 6.45) is 0.589. The minimum atomic E-state index is -0.412. The Labute approximate surface area is 249 Å². The lowest BCUT2D eigenvalue weighted by atomic mass is 10.0. The SMILES string of the molecule is CCC(O)c1ccc(-c2ccc(OCCOCCOCCOc3ccc(-c4ccc(C(O)CC)cc4)cc3)cc2)cc1. The first-order chi connectivity index (χ1) is 20.6. The van der Waals surface area contributed by atoms with Crippen LogP contribution in [0.1, 0.15) is 50.0 Å². The fraction of sp³-hybridized carbons (Fsp3) is 0.333. The summed E-state index contributed by atoms with van der Waals surface area (Å²) in [6.45, 7) is 6.83. The van der Waals surface area contributed by atoms with Gasteiger partial charge in [-0.1, -0.05) is 86.6 Å². The first-order valence-corrected chi connectivity index (χ1v) is 14.8. The van der Waals surface area contributed by atoms with Crippen LogP contribution in [0.4, 0.5) is 0 Å². The van der Waals surface area contributed by atoms with Crippen LogP contribution in [0.25, 0.3) is 22.3 Å². The van der Waals surface area contributed by atoms with Gasteiger partial charge in [-0.15, -0.1) is 0 Å². The highest BCUT2D eigenvalue weighted by molar-refractivity contribution is 5.65. The molecule has 0 amide bonds. The molecule has 0 saturated heterocycles. The molecule has 0 aliphatic heterocycles. The predicted molar refractivity (Wildman–Crippen MR) is 167 cm³/mol. The zero-order valence-corrected chi connectivity index (χ0v) is 24.6. The zero-order valence-electron chi connectivity index (χ0n) is 24.6. The number of benzene rings is 4. The number of ether oxygens (including phenoxy) is 4. The lowest BCUT2D eigenvalue weighted by Crippen LogP contribution is -2.13. The van der Waals surface area contributed by atoms with Gasteiger partial charge in [0.25, 0.3) is 0 Å². The van der Waals surface area contributed by atoms with Crippen molar-refractivity contribution in [3.63, 3.8) is 0 Å². The molecule has 2 N–H and O–H groups in total. The highest BCUT2D eigenvalue weighted by Gasteiger charge is 2.07. The summed E-state index contributed by atoms with van der Waals surface area (Å²) in [7, 11) is 0. The van der Waals surface area contributed by atoms with Crippen LogP contribution in [0.3, 0.4) is 0 Å². The number of aliphatic hydroxyl groups is 2. The fourth-order valence-corrected chi connectivity index (χ4v) is 4.51. The van der Waals surface area contributed by atoms with E-state index in [1.807, 2.05) is 111 Å². The van der Waals surface area contributed by atoms with E-state index in [1.165, 1.54) is 0 Å². The van der Waals surface area contributed by atoms with Crippen LogP contribution >= 0.6 is 0 Å². The van der Waals surface area contributed by atoms with Gasteiger partial charge in [0.1, 0.15) is 24.7 Å². The average molecular weight is 571 g/mol. The summed E-state index contributed by atoms with van der Waals surface area (Å²) in [5.74, 6) is 1.60. The summed E-state index contributed by atoms with van der Waals surface area (Å²) < 4.78 is 22.8. The maximum atomic E-state index is 9.96. The standard InChI is InChI=1S/C36H42O6/c1-3-35(37)31-9-5-27(6-10-31)29-13-17-33(18-14-29)41-25-23-39-21-22-40-24-26-42-34-19-15-30(16-20-34)28-7-11-32(12-8-28)36(38)4-2/h5-20,35-38H,3-4,21-26H2,1-2H3. The van der Waals surface area contributed by atoms with Crippen molar-refractivity contribution >= 4 is 0 Å². The molecule has 0 aliphatic carbocycles. The van der Waals surface area contributed by atoms with Crippen LogP contribution in [-0.4, -0.2) is 49.9 Å². The van der Waals surface area contributed by atoms with Crippen molar-refractivity contribution in [2.75, 3.05) is 39.6 Å². The minimum Gasteiger partial charge on any atom is -0.491 e. The van der Waals surface area contributed by atoms with Crippen LogP contribution in [-0.2, 0) is 9.47 Å². The van der Waals surface area contributed by atoms with Gasteiger partial charge >= 0.3 is 0 Å². The van der Waals surface area contributed by atoms with E-state index in [-0.39, 0.29) is 0 Å². The summed E-state index contributed by atoms with van der Waals surface area (Å²) in [4.78, 5) is 0. The first-order valence-electron chi connectivity index (χ1n) is 14.8. The Morgan fingerprint density at radius 2 is 0.714 bits per heavy atom. The molecular weight excluding hydrogens is 528 g/mol. The number of rotatable bonds is 17. The van der Waals surface area contributed by atoms with Gasteiger partial charge in [0, 0.05) is 0 Å². The molecule has 222 valence electrons. The van der Waals surface area contributed by atoms with Crippen molar-refractivity contribution in [2.45, 2.75) is 38.9 Å². The molecular formula is C36H42O6. The fourth-order valence-electron chi connectivity index (χ4n) is 4.51. The Bertz CT molecular complexity index is 1200. The molecule has 0 radical (unpaired) electrons. The Balaban J connectivity index is 1.04. The second-order valence-electron chi connectivity index (χ2n) is 10.1. The molecule has 2 atom stereocenters. The van der Waals surface area contributed by atoms with Crippen molar-refractivity contribution in [1.29, 1.82) is 0 Å². The molecule has 0 bridgehead atoms. The van der Waals surface area contributed by atoms with E-state index in [4.69, 9.17) is 18.9 Å².